The Morgan fingerprint density at radius 2 is 1.73 bits per heavy atom. The Morgan fingerprint density at radius 1 is 1.10 bits per heavy atom. The van der Waals surface area contributed by atoms with E-state index in [0.29, 0.717) is 12.2 Å². The number of hydrogen-bond acceptors (Lipinski definition) is 5. The van der Waals surface area contributed by atoms with Gasteiger partial charge in [0.2, 0.25) is 0 Å². The van der Waals surface area contributed by atoms with Crippen LogP contribution in [0.3, 0.4) is 0 Å². The molecule has 1 atom stereocenters. The van der Waals surface area contributed by atoms with Crippen LogP contribution in [0, 0.1) is 5.41 Å². The highest BCUT2D eigenvalue weighted by Crippen LogP contribution is 2.31. The average Bonchev–Trinajstić information content (AvgIpc) is 2.66. The molecule has 0 aliphatic carbocycles. The molecule has 0 radical (unpaired) electrons. The summed E-state index contributed by atoms with van der Waals surface area (Å²) in [5.41, 5.74) is 6.05. The minimum absolute atomic E-state index is 0.0364. The van der Waals surface area contributed by atoms with Crippen LogP contribution >= 0.6 is 12.2 Å². The van der Waals surface area contributed by atoms with Gasteiger partial charge in [-0.15, -0.1) is 0 Å². The Kier molecular flexibility index (Phi) is 7.31. The molecule has 0 saturated carbocycles. The summed E-state index contributed by atoms with van der Waals surface area (Å²) in [5, 5.41) is 9.98. The highest BCUT2D eigenvalue weighted by atomic mass is 32.1. The molecule has 0 aliphatic rings. The van der Waals surface area contributed by atoms with Crippen LogP contribution in [0.2, 0.25) is 0 Å². The summed E-state index contributed by atoms with van der Waals surface area (Å²) in [6.07, 6.45) is 0.391. The zero-order chi connectivity index (χ0) is 22.5. The number of benzene rings is 2. The lowest BCUT2D eigenvalue weighted by atomic mass is 9.96. The summed E-state index contributed by atoms with van der Waals surface area (Å²) in [6, 6.07) is 14.7. The zero-order valence-corrected chi connectivity index (χ0v) is 19.0. The van der Waals surface area contributed by atoms with Crippen LogP contribution in [0.5, 0.6) is 11.5 Å². The van der Waals surface area contributed by atoms with Gasteiger partial charge in [-0.3, -0.25) is 4.79 Å². The molecule has 0 spiro atoms. The Hall–Kier alpha value is -2.80. The number of phenols is 1. The molecule has 3 N–H and O–H groups in total. The standard InChI is InChI=1S/C23H30N2O4S/c1-22(2,3)20(27)29-23(4,14-16-9-7-6-8-10-16)25(21(24)30)15-17-11-12-18(26)19(13-17)28-5/h6-13,26H,14-15H2,1-5H3,(H2,24,30)/t23-/m0/s1. The van der Waals surface area contributed by atoms with Gasteiger partial charge in [0, 0.05) is 13.0 Å². The van der Waals surface area contributed by atoms with E-state index in [0.717, 1.165) is 11.1 Å². The first-order chi connectivity index (χ1) is 14.0. The third kappa shape index (κ3) is 5.86. The van der Waals surface area contributed by atoms with Crippen LogP contribution in [0.15, 0.2) is 48.5 Å². The second kappa shape index (κ2) is 9.34. The molecule has 0 amide bonds. The number of hydrogen-bond donors (Lipinski definition) is 2. The lowest BCUT2D eigenvalue weighted by molar-refractivity contribution is -0.183. The predicted octanol–water partition coefficient (Wildman–Crippen LogP) is 3.99. The number of esters is 1. The van der Waals surface area contributed by atoms with Crippen LogP contribution < -0.4 is 10.5 Å². The molecular weight excluding hydrogens is 400 g/mol. The third-order valence-corrected chi connectivity index (χ3v) is 4.94. The van der Waals surface area contributed by atoms with Crippen LogP contribution in [0.25, 0.3) is 0 Å². The van der Waals surface area contributed by atoms with E-state index in [4.69, 9.17) is 27.4 Å². The number of aromatic hydroxyl groups is 1. The summed E-state index contributed by atoms with van der Waals surface area (Å²) in [5.74, 6) is 0.0200. The van der Waals surface area contributed by atoms with Crippen molar-refractivity contribution in [1.29, 1.82) is 0 Å². The second-order valence-corrected chi connectivity index (χ2v) is 8.83. The van der Waals surface area contributed by atoms with E-state index in [2.05, 4.69) is 0 Å². The molecule has 2 aromatic rings. The molecule has 0 unspecified atom stereocenters. The number of thiocarbonyl (C=S) groups is 1. The van der Waals surface area contributed by atoms with Crippen molar-refractivity contribution in [2.75, 3.05) is 7.11 Å². The number of phenolic OH excluding ortho intramolecular Hbond substituents is 1. The maximum Gasteiger partial charge on any atom is 0.313 e. The van der Waals surface area contributed by atoms with E-state index in [1.807, 2.05) is 30.3 Å². The fraction of sp³-hybridized carbons (Fsp3) is 0.391. The second-order valence-electron chi connectivity index (χ2n) is 8.41. The normalized spacial score (nSPS) is 13.2. The Balaban J connectivity index is 2.45. The highest BCUT2D eigenvalue weighted by Gasteiger charge is 2.40. The molecular formula is C23H30N2O4S. The number of rotatable bonds is 7. The molecule has 2 aromatic carbocycles. The number of carbonyl (C=O) groups excluding carboxylic acids is 1. The van der Waals surface area contributed by atoms with Crippen LogP contribution in [-0.4, -0.2) is 33.9 Å². The van der Waals surface area contributed by atoms with E-state index >= 15 is 0 Å². The molecule has 162 valence electrons. The smallest absolute Gasteiger partial charge is 0.313 e. The van der Waals surface area contributed by atoms with Crippen molar-refractivity contribution in [2.24, 2.45) is 11.1 Å². The molecule has 2 rings (SSSR count). The lowest BCUT2D eigenvalue weighted by Gasteiger charge is -2.42. The van der Waals surface area contributed by atoms with Gasteiger partial charge in [-0.1, -0.05) is 36.4 Å². The molecule has 0 bridgehead atoms. The average molecular weight is 431 g/mol. The van der Waals surface area contributed by atoms with Gasteiger partial charge in [-0.2, -0.15) is 0 Å². The van der Waals surface area contributed by atoms with Crippen molar-refractivity contribution in [3.8, 4) is 11.5 Å². The Labute approximate surface area is 183 Å². The fourth-order valence-corrected chi connectivity index (χ4v) is 3.25. The largest absolute Gasteiger partial charge is 0.504 e. The SMILES string of the molecule is COc1cc(CN(C(N)=S)[C@](C)(Cc2ccccc2)OC(=O)C(C)(C)C)ccc1O. The van der Waals surface area contributed by atoms with Crippen molar-refractivity contribution in [2.45, 2.75) is 46.4 Å². The van der Waals surface area contributed by atoms with Crippen molar-refractivity contribution in [3.05, 3.63) is 59.7 Å². The number of nitrogens with zero attached hydrogens (tertiary/aromatic N) is 1. The molecule has 30 heavy (non-hydrogen) atoms. The van der Waals surface area contributed by atoms with Crippen LogP contribution in [0.4, 0.5) is 0 Å². The fourth-order valence-electron chi connectivity index (χ4n) is 3.00. The third-order valence-electron chi connectivity index (χ3n) is 4.72. The summed E-state index contributed by atoms with van der Waals surface area (Å²) in [6.45, 7) is 7.48. The number of carbonyl (C=O) groups is 1. The topological polar surface area (TPSA) is 85.0 Å². The number of nitrogens with two attached hydrogens (primary N) is 1. The van der Waals surface area contributed by atoms with E-state index in [9.17, 15) is 9.90 Å². The van der Waals surface area contributed by atoms with E-state index < -0.39 is 11.1 Å². The Bertz CT molecular complexity index is 896. The van der Waals surface area contributed by atoms with Crippen molar-refractivity contribution >= 4 is 23.3 Å². The van der Waals surface area contributed by atoms with Gasteiger partial charge in [-0.25, -0.2) is 0 Å². The predicted molar refractivity (Wildman–Crippen MR) is 121 cm³/mol. The molecule has 0 fully saturated rings. The molecule has 7 heteroatoms. The first-order valence-electron chi connectivity index (χ1n) is 9.66. The van der Waals surface area contributed by atoms with Gasteiger partial charge in [0.15, 0.2) is 22.3 Å². The van der Waals surface area contributed by atoms with Gasteiger partial charge < -0.3 is 25.2 Å². The van der Waals surface area contributed by atoms with Gasteiger partial charge in [0.05, 0.1) is 12.5 Å². The van der Waals surface area contributed by atoms with Crippen LogP contribution in [-0.2, 0) is 22.5 Å². The van der Waals surface area contributed by atoms with E-state index in [1.165, 1.54) is 7.11 Å². The Morgan fingerprint density at radius 3 is 2.27 bits per heavy atom. The molecule has 6 nitrogen and oxygen atoms in total. The zero-order valence-electron chi connectivity index (χ0n) is 18.1. The monoisotopic (exact) mass is 430 g/mol. The molecule has 0 heterocycles. The van der Waals surface area contributed by atoms with Crippen molar-refractivity contribution < 1.29 is 19.4 Å². The molecule has 0 aliphatic heterocycles. The first kappa shape index (κ1) is 23.5. The van der Waals surface area contributed by atoms with Crippen LogP contribution in [0.1, 0.15) is 38.8 Å². The van der Waals surface area contributed by atoms with Gasteiger partial charge in [-0.05, 0) is 63.2 Å². The molecule has 0 saturated heterocycles. The van der Waals surface area contributed by atoms with Crippen molar-refractivity contribution in [3.63, 3.8) is 0 Å². The maximum atomic E-state index is 12.8. The molecule has 0 aromatic heterocycles. The van der Waals surface area contributed by atoms with Crippen molar-refractivity contribution in [1.82, 2.24) is 4.90 Å². The van der Waals surface area contributed by atoms with Gasteiger partial charge in [0.25, 0.3) is 0 Å². The van der Waals surface area contributed by atoms with E-state index in [-0.39, 0.29) is 23.4 Å². The number of ether oxygens (including phenoxy) is 2. The summed E-state index contributed by atoms with van der Waals surface area (Å²) in [4.78, 5) is 14.5. The lowest BCUT2D eigenvalue weighted by Crippen LogP contribution is -2.56. The number of methoxy groups -OCH3 is 1. The quantitative estimate of drug-likeness (QED) is 0.390. The first-order valence-corrected chi connectivity index (χ1v) is 10.1. The minimum atomic E-state index is -1.12. The van der Waals surface area contributed by atoms with E-state index in [1.54, 1.807) is 50.8 Å². The highest BCUT2D eigenvalue weighted by molar-refractivity contribution is 7.80. The maximum absolute atomic E-state index is 12.8. The summed E-state index contributed by atoms with van der Waals surface area (Å²) in [7, 11) is 1.48. The summed E-state index contributed by atoms with van der Waals surface area (Å²) < 4.78 is 11.2. The summed E-state index contributed by atoms with van der Waals surface area (Å²) >= 11 is 5.35. The van der Waals surface area contributed by atoms with Gasteiger partial charge in [0.1, 0.15) is 0 Å². The van der Waals surface area contributed by atoms with Gasteiger partial charge >= 0.3 is 5.97 Å². The minimum Gasteiger partial charge on any atom is -0.504 e.